The molecule has 7 heteroatoms. The van der Waals surface area contributed by atoms with Gasteiger partial charge in [-0.25, -0.2) is 9.97 Å². The first-order valence-corrected chi connectivity index (χ1v) is 8.69. The largest absolute Gasteiger partial charge is 0.497 e. The molecule has 7 nitrogen and oxygen atoms in total. The average Bonchev–Trinajstić information content (AvgIpc) is 2.67. The van der Waals surface area contributed by atoms with E-state index < -0.39 is 0 Å². The number of carbonyl (C=O) groups excluding carboxylic acids is 1. The van der Waals surface area contributed by atoms with Crippen molar-refractivity contribution in [1.29, 1.82) is 0 Å². The quantitative estimate of drug-likeness (QED) is 0.834. The summed E-state index contributed by atoms with van der Waals surface area (Å²) in [6.45, 7) is 4.82. The number of rotatable bonds is 4. The molecule has 0 spiro atoms. The Morgan fingerprint density at radius 1 is 1.12 bits per heavy atom. The number of aromatic nitrogens is 2. The molecule has 1 fully saturated rings. The summed E-state index contributed by atoms with van der Waals surface area (Å²) in [5, 5.41) is 0. The third-order valence-electron chi connectivity index (χ3n) is 4.60. The molecule has 2 heterocycles. The molecular formula is C19H25N5O2. The summed E-state index contributed by atoms with van der Waals surface area (Å²) in [6, 6.07) is 8.02. The van der Waals surface area contributed by atoms with Crippen LogP contribution < -0.4 is 14.5 Å². The van der Waals surface area contributed by atoms with Crippen molar-refractivity contribution in [3.05, 3.63) is 41.7 Å². The average molecular weight is 355 g/mol. The van der Waals surface area contributed by atoms with E-state index in [0.29, 0.717) is 30.3 Å². The minimum absolute atomic E-state index is 0.00203. The molecule has 0 aliphatic carbocycles. The Balaban J connectivity index is 1.64. The molecule has 3 rings (SSSR count). The van der Waals surface area contributed by atoms with Gasteiger partial charge >= 0.3 is 0 Å². The number of hydrogen-bond acceptors (Lipinski definition) is 6. The van der Waals surface area contributed by atoms with Gasteiger partial charge in [-0.15, -0.1) is 0 Å². The molecule has 0 radical (unpaired) electrons. The van der Waals surface area contributed by atoms with Gasteiger partial charge in [-0.2, -0.15) is 0 Å². The van der Waals surface area contributed by atoms with Crippen molar-refractivity contribution >= 4 is 17.5 Å². The van der Waals surface area contributed by atoms with Crippen LogP contribution in [0.3, 0.4) is 0 Å². The van der Waals surface area contributed by atoms with Crippen LogP contribution in [0.25, 0.3) is 0 Å². The Morgan fingerprint density at radius 3 is 2.31 bits per heavy atom. The van der Waals surface area contributed by atoms with Crippen molar-refractivity contribution in [1.82, 2.24) is 14.9 Å². The molecular weight excluding hydrogens is 330 g/mol. The summed E-state index contributed by atoms with van der Waals surface area (Å²) in [4.78, 5) is 27.5. The van der Waals surface area contributed by atoms with Crippen molar-refractivity contribution < 1.29 is 9.53 Å². The second-order valence-electron chi connectivity index (χ2n) is 6.54. The molecule has 0 atom stereocenters. The lowest BCUT2D eigenvalue weighted by atomic mass is 10.2. The second-order valence-corrected chi connectivity index (χ2v) is 6.54. The highest BCUT2D eigenvalue weighted by molar-refractivity contribution is 5.95. The van der Waals surface area contributed by atoms with Crippen LogP contribution in [0.15, 0.2) is 30.5 Å². The molecule has 138 valence electrons. The first-order chi connectivity index (χ1) is 12.5. The van der Waals surface area contributed by atoms with E-state index in [1.165, 1.54) is 0 Å². The number of anilines is 2. The molecule has 2 aromatic rings. The van der Waals surface area contributed by atoms with E-state index in [9.17, 15) is 4.79 Å². The number of methoxy groups -OCH3 is 1. The molecule has 0 saturated carbocycles. The number of aryl methyl sites for hydroxylation is 1. The summed E-state index contributed by atoms with van der Waals surface area (Å²) < 4.78 is 5.20. The first kappa shape index (κ1) is 18.0. The van der Waals surface area contributed by atoms with E-state index in [-0.39, 0.29) is 5.91 Å². The highest BCUT2D eigenvalue weighted by Crippen LogP contribution is 2.21. The Labute approximate surface area is 154 Å². The predicted molar refractivity (Wildman–Crippen MR) is 102 cm³/mol. The first-order valence-electron chi connectivity index (χ1n) is 8.69. The maximum absolute atomic E-state index is 12.8. The van der Waals surface area contributed by atoms with Crippen molar-refractivity contribution in [3.63, 3.8) is 0 Å². The van der Waals surface area contributed by atoms with Gasteiger partial charge in [0, 0.05) is 52.2 Å². The van der Waals surface area contributed by atoms with E-state index in [0.717, 1.165) is 24.5 Å². The van der Waals surface area contributed by atoms with Gasteiger partial charge in [-0.1, -0.05) is 0 Å². The lowest BCUT2D eigenvalue weighted by Gasteiger charge is -2.36. The predicted octanol–water partition coefficient (Wildman–Crippen LogP) is 1.82. The molecule has 1 aromatic carbocycles. The number of amides is 1. The standard InChI is InChI=1S/C19H25N5O2/c1-14-17(13-20-19(21-14)22(2)3)18(25)24-11-9-23(10-12-24)15-5-7-16(26-4)8-6-15/h5-8,13H,9-12H2,1-4H3. The van der Waals surface area contributed by atoms with Gasteiger partial charge in [0.1, 0.15) is 5.75 Å². The van der Waals surface area contributed by atoms with Gasteiger partial charge in [-0.3, -0.25) is 4.79 Å². The Kier molecular flexibility index (Phi) is 5.25. The van der Waals surface area contributed by atoms with Gasteiger partial charge < -0.3 is 19.4 Å². The fourth-order valence-electron chi connectivity index (χ4n) is 3.01. The highest BCUT2D eigenvalue weighted by Gasteiger charge is 2.24. The fraction of sp³-hybridized carbons (Fsp3) is 0.421. The lowest BCUT2D eigenvalue weighted by molar-refractivity contribution is 0.0745. The van der Waals surface area contributed by atoms with E-state index in [1.807, 2.05) is 55.1 Å². The molecule has 1 saturated heterocycles. The van der Waals surface area contributed by atoms with Crippen LogP contribution in [0.2, 0.25) is 0 Å². The minimum atomic E-state index is 0.00203. The fourth-order valence-corrected chi connectivity index (χ4v) is 3.01. The zero-order valence-corrected chi connectivity index (χ0v) is 15.8. The maximum atomic E-state index is 12.8. The van der Waals surface area contributed by atoms with Gasteiger partial charge in [-0.05, 0) is 31.2 Å². The van der Waals surface area contributed by atoms with Crippen molar-refractivity contribution in [2.45, 2.75) is 6.92 Å². The minimum Gasteiger partial charge on any atom is -0.497 e. The number of piperazine rings is 1. The smallest absolute Gasteiger partial charge is 0.257 e. The zero-order valence-electron chi connectivity index (χ0n) is 15.8. The summed E-state index contributed by atoms with van der Waals surface area (Å²) in [6.07, 6.45) is 1.63. The Bertz CT molecular complexity index is 768. The van der Waals surface area contributed by atoms with Crippen LogP contribution in [0.4, 0.5) is 11.6 Å². The summed E-state index contributed by atoms with van der Waals surface area (Å²) in [5.74, 6) is 1.46. The molecule has 1 aromatic heterocycles. The lowest BCUT2D eigenvalue weighted by Crippen LogP contribution is -2.49. The summed E-state index contributed by atoms with van der Waals surface area (Å²) in [5.41, 5.74) is 2.44. The van der Waals surface area contributed by atoms with E-state index in [1.54, 1.807) is 13.3 Å². The van der Waals surface area contributed by atoms with Gasteiger partial charge in [0.2, 0.25) is 5.95 Å². The van der Waals surface area contributed by atoms with E-state index in [4.69, 9.17) is 4.74 Å². The van der Waals surface area contributed by atoms with Crippen LogP contribution in [0.1, 0.15) is 16.1 Å². The Morgan fingerprint density at radius 2 is 1.77 bits per heavy atom. The van der Waals surface area contributed by atoms with Gasteiger partial charge in [0.05, 0.1) is 18.4 Å². The number of nitrogens with zero attached hydrogens (tertiary/aromatic N) is 5. The summed E-state index contributed by atoms with van der Waals surface area (Å²) in [7, 11) is 5.43. The molecule has 1 aliphatic heterocycles. The molecule has 0 unspecified atom stereocenters. The van der Waals surface area contributed by atoms with Crippen LogP contribution in [-0.2, 0) is 0 Å². The van der Waals surface area contributed by atoms with E-state index in [2.05, 4.69) is 14.9 Å². The van der Waals surface area contributed by atoms with E-state index >= 15 is 0 Å². The molecule has 0 bridgehead atoms. The monoisotopic (exact) mass is 355 g/mol. The van der Waals surface area contributed by atoms with Crippen LogP contribution in [-0.4, -0.2) is 68.2 Å². The van der Waals surface area contributed by atoms with Gasteiger partial charge in [0.15, 0.2) is 0 Å². The third-order valence-corrected chi connectivity index (χ3v) is 4.60. The topological polar surface area (TPSA) is 61.8 Å². The number of hydrogen-bond donors (Lipinski definition) is 0. The molecule has 26 heavy (non-hydrogen) atoms. The van der Waals surface area contributed by atoms with Crippen LogP contribution in [0.5, 0.6) is 5.75 Å². The highest BCUT2D eigenvalue weighted by atomic mass is 16.5. The SMILES string of the molecule is COc1ccc(N2CCN(C(=O)c3cnc(N(C)C)nc3C)CC2)cc1. The van der Waals surface area contributed by atoms with Crippen LogP contribution in [0, 0.1) is 6.92 Å². The molecule has 1 amide bonds. The number of benzene rings is 1. The van der Waals surface area contributed by atoms with Crippen molar-refractivity contribution in [3.8, 4) is 5.75 Å². The second kappa shape index (κ2) is 7.59. The van der Waals surface area contributed by atoms with Crippen molar-refractivity contribution in [2.24, 2.45) is 0 Å². The zero-order chi connectivity index (χ0) is 18.7. The number of carbonyl (C=O) groups is 1. The number of ether oxygens (including phenoxy) is 1. The molecule has 1 aliphatic rings. The van der Waals surface area contributed by atoms with Crippen LogP contribution >= 0.6 is 0 Å². The summed E-state index contributed by atoms with van der Waals surface area (Å²) >= 11 is 0. The maximum Gasteiger partial charge on any atom is 0.257 e. The van der Waals surface area contributed by atoms with Crippen molar-refractivity contribution in [2.75, 3.05) is 57.2 Å². The molecule has 0 N–H and O–H groups in total. The third kappa shape index (κ3) is 3.71. The normalized spacial score (nSPS) is 14.3. The van der Waals surface area contributed by atoms with Gasteiger partial charge in [0.25, 0.3) is 5.91 Å². The Hall–Kier alpha value is -2.83.